The van der Waals surface area contributed by atoms with E-state index in [1.54, 1.807) is 6.20 Å². The van der Waals surface area contributed by atoms with Crippen LogP contribution in [0.1, 0.15) is 17.2 Å². The monoisotopic (exact) mass is 386 g/mol. The molecule has 2 aromatic heterocycles. The van der Waals surface area contributed by atoms with Crippen molar-refractivity contribution in [3.63, 3.8) is 0 Å². The molecule has 1 fully saturated rings. The lowest BCUT2D eigenvalue weighted by Gasteiger charge is -2.32. The van der Waals surface area contributed by atoms with Gasteiger partial charge in [-0.1, -0.05) is 24.3 Å². The molecular formula is C18H18N4O4S. The van der Waals surface area contributed by atoms with Crippen molar-refractivity contribution >= 4 is 29.3 Å². The Labute approximate surface area is 159 Å². The third kappa shape index (κ3) is 3.26. The molecule has 0 spiro atoms. The van der Waals surface area contributed by atoms with Crippen LogP contribution in [-0.2, 0) is 11.3 Å². The zero-order valence-corrected chi connectivity index (χ0v) is 15.2. The van der Waals surface area contributed by atoms with Crippen LogP contribution in [-0.4, -0.2) is 50.3 Å². The van der Waals surface area contributed by atoms with Crippen LogP contribution >= 0.6 is 12.2 Å². The predicted molar refractivity (Wildman–Crippen MR) is 102 cm³/mol. The molecule has 0 aliphatic carbocycles. The van der Waals surface area contributed by atoms with Gasteiger partial charge in [-0.05, 0) is 29.4 Å². The molecule has 1 amide bonds. The summed E-state index contributed by atoms with van der Waals surface area (Å²) < 4.78 is 8.02. The molecule has 1 atom stereocenters. The summed E-state index contributed by atoms with van der Waals surface area (Å²) in [4.78, 5) is 30.3. The standard InChI is InChI=1S/C18H18N4O4S/c23-16-15-13(5-6-19-15)22(17(27)20-16)9-11-3-1-2-4-12(11)14-10-21(18(24)25)7-8-26-14/h1-6,14,19H,7-10H2,(H,24,25)(H,20,23,27). The van der Waals surface area contributed by atoms with Crippen molar-refractivity contribution in [2.24, 2.45) is 0 Å². The Morgan fingerprint density at radius 1 is 1.33 bits per heavy atom. The average molecular weight is 386 g/mol. The summed E-state index contributed by atoms with van der Waals surface area (Å²) in [6.07, 6.45) is 0.411. The number of nitrogens with one attached hydrogen (secondary N) is 2. The number of H-pyrrole nitrogens is 2. The Balaban J connectivity index is 1.73. The van der Waals surface area contributed by atoms with Crippen molar-refractivity contribution in [2.45, 2.75) is 12.6 Å². The Bertz CT molecular complexity index is 1120. The van der Waals surface area contributed by atoms with Crippen LogP contribution in [0.25, 0.3) is 11.0 Å². The highest BCUT2D eigenvalue weighted by atomic mass is 32.1. The van der Waals surface area contributed by atoms with Gasteiger partial charge in [0, 0.05) is 12.7 Å². The van der Waals surface area contributed by atoms with E-state index in [-0.39, 0.29) is 18.2 Å². The van der Waals surface area contributed by atoms with E-state index >= 15 is 0 Å². The summed E-state index contributed by atoms with van der Waals surface area (Å²) in [5.41, 5.74) is 2.81. The van der Waals surface area contributed by atoms with Gasteiger partial charge in [0.25, 0.3) is 5.56 Å². The number of amides is 1. The van der Waals surface area contributed by atoms with E-state index < -0.39 is 6.09 Å². The minimum absolute atomic E-state index is 0.253. The van der Waals surface area contributed by atoms with Crippen LogP contribution in [0.2, 0.25) is 0 Å². The molecule has 1 aliphatic rings. The number of ether oxygens (including phenoxy) is 1. The average Bonchev–Trinajstić information content (AvgIpc) is 3.16. The number of aromatic nitrogens is 3. The van der Waals surface area contributed by atoms with Crippen LogP contribution in [0, 0.1) is 4.77 Å². The fourth-order valence-corrected chi connectivity index (χ4v) is 3.69. The maximum absolute atomic E-state index is 12.0. The van der Waals surface area contributed by atoms with E-state index in [2.05, 4.69) is 9.97 Å². The zero-order valence-electron chi connectivity index (χ0n) is 14.3. The first kappa shape index (κ1) is 17.5. The van der Waals surface area contributed by atoms with E-state index in [0.29, 0.717) is 30.0 Å². The maximum atomic E-state index is 12.0. The fourth-order valence-electron chi connectivity index (χ4n) is 3.44. The smallest absolute Gasteiger partial charge is 0.407 e. The number of benzene rings is 1. The number of hydrogen-bond acceptors (Lipinski definition) is 4. The number of aromatic amines is 2. The summed E-state index contributed by atoms with van der Waals surface area (Å²) in [6.45, 7) is 1.43. The lowest BCUT2D eigenvalue weighted by atomic mass is 10.0. The quantitative estimate of drug-likeness (QED) is 0.600. The Morgan fingerprint density at radius 2 is 2.15 bits per heavy atom. The highest BCUT2D eigenvalue weighted by molar-refractivity contribution is 7.71. The first-order chi connectivity index (χ1) is 13.0. The van der Waals surface area contributed by atoms with Crippen molar-refractivity contribution in [1.29, 1.82) is 0 Å². The predicted octanol–water partition coefficient (Wildman–Crippen LogP) is 2.49. The summed E-state index contributed by atoms with van der Waals surface area (Å²) in [7, 11) is 0. The minimum atomic E-state index is -0.947. The van der Waals surface area contributed by atoms with Gasteiger partial charge in [0.15, 0.2) is 4.77 Å². The minimum Gasteiger partial charge on any atom is -0.465 e. The molecule has 3 heterocycles. The maximum Gasteiger partial charge on any atom is 0.407 e. The van der Waals surface area contributed by atoms with Crippen molar-refractivity contribution in [1.82, 2.24) is 19.4 Å². The normalized spacial score (nSPS) is 17.3. The van der Waals surface area contributed by atoms with E-state index in [4.69, 9.17) is 17.0 Å². The van der Waals surface area contributed by atoms with Gasteiger partial charge in [-0.15, -0.1) is 0 Å². The summed E-state index contributed by atoms with van der Waals surface area (Å²) in [6, 6.07) is 9.53. The third-order valence-corrected chi connectivity index (χ3v) is 5.10. The number of carbonyl (C=O) groups is 1. The van der Waals surface area contributed by atoms with Gasteiger partial charge in [0.1, 0.15) is 11.6 Å². The van der Waals surface area contributed by atoms with Crippen molar-refractivity contribution in [3.05, 3.63) is 62.8 Å². The summed E-state index contributed by atoms with van der Waals surface area (Å²) >= 11 is 5.36. The molecule has 27 heavy (non-hydrogen) atoms. The first-order valence-electron chi connectivity index (χ1n) is 8.52. The molecule has 0 saturated carbocycles. The van der Waals surface area contributed by atoms with Gasteiger partial charge in [-0.3, -0.25) is 9.78 Å². The van der Waals surface area contributed by atoms with E-state index in [9.17, 15) is 14.7 Å². The van der Waals surface area contributed by atoms with Crippen LogP contribution in [0.4, 0.5) is 4.79 Å². The number of hydrogen-bond donors (Lipinski definition) is 3. The van der Waals surface area contributed by atoms with Crippen molar-refractivity contribution in [2.75, 3.05) is 19.7 Å². The van der Waals surface area contributed by atoms with Crippen LogP contribution < -0.4 is 5.56 Å². The highest BCUT2D eigenvalue weighted by Gasteiger charge is 2.26. The highest BCUT2D eigenvalue weighted by Crippen LogP contribution is 2.26. The summed E-state index contributed by atoms with van der Waals surface area (Å²) in [5, 5.41) is 9.28. The molecule has 1 unspecified atom stereocenters. The third-order valence-electron chi connectivity index (χ3n) is 4.78. The van der Waals surface area contributed by atoms with Crippen molar-refractivity contribution < 1.29 is 14.6 Å². The molecular weight excluding hydrogens is 368 g/mol. The Hall–Kier alpha value is -2.91. The summed E-state index contributed by atoms with van der Waals surface area (Å²) in [5.74, 6) is 0. The topological polar surface area (TPSA) is 103 Å². The van der Waals surface area contributed by atoms with Gasteiger partial charge in [0.2, 0.25) is 0 Å². The first-order valence-corrected chi connectivity index (χ1v) is 8.93. The van der Waals surface area contributed by atoms with Gasteiger partial charge >= 0.3 is 6.09 Å². The van der Waals surface area contributed by atoms with Gasteiger partial charge in [-0.25, -0.2) is 4.79 Å². The molecule has 140 valence electrons. The lowest BCUT2D eigenvalue weighted by Crippen LogP contribution is -2.41. The fraction of sp³-hybridized carbons (Fsp3) is 0.278. The van der Waals surface area contributed by atoms with E-state index in [0.717, 1.165) is 16.6 Å². The van der Waals surface area contributed by atoms with Gasteiger partial charge < -0.3 is 24.3 Å². The molecule has 1 saturated heterocycles. The van der Waals surface area contributed by atoms with Crippen molar-refractivity contribution in [3.8, 4) is 0 Å². The molecule has 3 N–H and O–H groups in total. The molecule has 1 aromatic carbocycles. The van der Waals surface area contributed by atoms with Crippen LogP contribution in [0.15, 0.2) is 41.3 Å². The number of morpholine rings is 1. The number of rotatable bonds is 3. The zero-order chi connectivity index (χ0) is 19.0. The Morgan fingerprint density at radius 3 is 2.96 bits per heavy atom. The number of nitrogens with zero attached hydrogens (tertiary/aromatic N) is 2. The van der Waals surface area contributed by atoms with Crippen LogP contribution in [0.5, 0.6) is 0 Å². The Kier molecular flexibility index (Phi) is 4.54. The second-order valence-corrected chi connectivity index (χ2v) is 6.76. The second-order valence-electron chi connectivity index (χ2n) is 6.37. The van der Waals surface area contributed by atoms with Gasteiger partial charge in [0.05, 0.1) is 25.2 Å². The second kappa shape index (κ2) is 7.01. The number of carboxylic acid groups (broad SMARTS) is 1. The van der Waals surface area contributed by atoms with Gasteiger partial charge in [-0.2, -0.15) is 0 Å². The lowest BCUT2D eigenvalue weighted by molar-refractivity contribution is -0.0236. The van der Waals surface area contributed by atoms with E-state index in [1.807, 2.05) is 34.9 Å². The number of fused-ring (bicyclic) bond motifs is 1. The van der Waals surface area contributed by atoms with Crippen LogP contribution in [0.3, 0.4) is 0 Å². The largest absolute Gasteiger partial charge is 0.465 e. The molecule has 8 nitrogen and oxygen atoms in total. The molecule has 0 bridgehead atoms. The SMILES string of the molecule is O=C(O)N1CCOC(c2ccccc2Cn2c(=S)[nH]c(=O)c3[nH]ccc32)C1. The molecule has 4 rings (SSSR count). The molecule has 3 aromatic rings. The molecule has 0 radical (unpaired) electrons. The van der Waals surface area contributed by atoms with E-state index in [1.165, 1.54) is 4.90 Å². The molecule has 1 aliphatic heterocycles. The molecule has 9 heteroatoms.